The predicted octanol–water partition coefficient (Wildman–Crippen LogP) is -2.80. The molecule has 2 rings (SSSR count). The molecule has 15 nitrogen and oxygen atoms in total. The zero-order valence-corrected chi connectivity index (χ0v) is 21.0. The van der Waals surface area contributed by atoms with Crippen LogP contribution in [0.2, 0.25) is 0 Å². The summed E-state index contributed by atoms with van der Waals surface area (Å²) in [5, 5.41) is 16.5. The van der Waals surface area contributed by atoms with E-state index in [1.165, 1.54) is 12.5 Å². The molecule has 0 radical (unpaired) electrons. The molecule has 0 saturated heterocycles. The third-order valence-electron chi connectivity index (χ3n) is 5.58. The summed E-state index contributed by atoms with van der Waals surface area (Å²) in [5.41, 5.74) is 17.5. The molecule has 0 aliphatic rings. The van der Waals surface area contributed by atoms with E-state index < -0.39 is 66.1 Å². The van der Waals surface area contributed by atoms with Crippen LogP contribution in [0.1, 0.15) is 30.5 Å². The standard InChI is InChI=1S/C24H32N8O7/c25-15(8-13-4-2-1-3-5-13)21(35)31-18(10-20(27)34)23(37)32-17(9-14-11-28-12-29-14)22(36)30-16(24(38)39)6-7-19(26)33/h1-5,11-12,15-18H,6-10,25H2,(H2,26,33)(H2,27,34)(H,28,29)(H,30,36)(H,31,35)(H,32,37)(H,38,39). The van der Waals surface area contributed by atoms with Gasteiger partial charge in [0.25, 0.3) is 0 Å². The highest BCUT2D eigenvalue weighted by Crippen LogP contribution is 2.06. The Morgan fingerprint density at radius 1 is 0.846 bits per heavy atom. The summed E-state index contributed by atoms with van der Waals surface area (Å²) in [6.07, 6.45) is 1.56. The van der Waals surface area contributed by atoms with Gasteiger partial charge in [-0.1, -0.05) is 30.3 Å². The lowest BCUT2D eigenvalue weighted by atomic mass is 10.0. The van der Waals surface area contributed by atoms with E-state index in [0.29, 0.717) is 5.69 Å². The fourth-order valence-corrected chi connectivity index (χ4v) is 3.56. The molecule has 0 aliphatic heterocycles. The number of primary amides is 2. The average Bonchev–Trinajstić information content (AvgIpc) is 3.38. The number of nitrogens with two attached hydrogens (primary N) is 3. The van der Waals surface area contributed by atoms with Crippen LogP contribution >= 0.6 is 0 Å². The summed E-state index contributed by atoms with van der Waals surface area (Å²) in [6, 6.07) is 3.53. The lowest BCUT2D eigenvalue weighted by Gasteiger charge is -2.24. The fourth-order valence-electron chi connectivity index (χ4n) is 3.56. The van der Waals surface area contributed by atoms with Crippen LogP contribution in [0.5, 0.6) is 0 Å². The number of carboxylic acid groups (broad SMARTS) is 1. The number of carbonyl (C=O) groups is 6. The van der Waals surface area contributed by atoms with Gasteiger partial charge in [0, 0.05) is 24.7 Å². The van der Waals surface area contributed by atoms with E-state index in [1.807, 2.05) is 0 Å². The molecule has 210 valence electrons. The minimum absolute atomic E-state index is 0.148. The number of hydrogen-bond acceptors (Lipinski definition) is 8. The molecule has 11 N–H and O–H groups in total. The van der Waals surface area contributed by atoms with E-state index >= 15 is 0 Å². The number of carbonyl (C=O) groups excluding carboxylic acids is 5. The van der Waals surface area contributed by atoms with Gasteiger partial charge in [-0.25, -0.2) is 9.78 Å². The minimum Gasteiger partial charge on any atom is -0.480 e. The quantitative estimate of drug-likeness (QED) is 0.108. The highest BCUT2D eigenvalue weighted by atomic mass is 16.4. The Hall–Kier alpha value is -4.79. The number of nitrogens with one attached hydrogen (secondary N) is 4. The van der Waals surface area contributed by atoms with E-state index in [1.54, 1.807) is 30.3 Å². The molecule has 1 heterocycles. The van der Waals surface area contributed by atoms with Gasteiger partial charge < -0.3 is 43.2 Å². The molecule has 5 amide bonds. The molecule has 4 unspecified atom stereocenters. The number of imidazole rings is 1. The van der Waals surface area contributed by atoms with Crippen LogP contribution in [0.15, 0.2) is 42.9 Å². The molecule has 0 bridgehead atoms. The number of aliphatic carboxylic acids is 1. The first-order valence-electron chi connectivity index (χ1n) is 11.9. The number of rotatable bonds is 16. The van der Waals surface area contributed by atoms with E-state index in [9.17, 15) is 33.9 Å². The van der Waals surface area contributed by atoms with Gasteiger partial charge in [0.15, 0.2) is 0 Å². The Kier molecular flexibility index (Phi) is 11.6. The number of hydrogen-bond donors (Lipinski definition) is 8. The van der Waals surface area contributed by atoms with Gasteiger partial charge in [0.05, 0.1) is 18.8 Å². The van der Waals surface area contributed by atoms with Gasteiger partial charge in [-0.2, -0.15) is 0 Å². The zero-order valence-electron chi connectivity index (χ0n) is 21.0. The summed E-state index contributed by atoms with van der Waals surface area (Å²) in [6.45, 7) is 0. The van der Waals surface area contributed by atoms with Crippen LogP contribution < -0.4 is 33.2 Å². The molecule has 1 aromatic carbocycles. The topological polar surface area (TPSA) is 265 Å². The SMILES string of the molecule is NC(=O)CCC(NC(=O)C(Cc1cnc[nH]1)NC(=O)C(CC(N)=O)NC(=O)C(N)Cc1ccccc1)C(=O)O. The number of benzene rings is 1. The van der Waals surface area contributed by atoms with Crippen LogP contribution in [0.3, 0.4) is 0 Å². The molecular weight excluding hydrogens is 512 g/mol. The number of carboxylic acids is 1. The van der Waals surface area contributed by atoms with Crippen molar-refractivity contribution in [1.82, 2.24) is 25.9 Å². The van der Waals surface area contributed by atoms with Crippen molar-refractivity contribution in [1.29, 1.82) is 0 Å². The zero-order chi connectivity index (χ0) is 28.9. The van der Waals surface area contributed by atoms with Crippen molar-refractivity contribution in [2.45, 2.75) is 56.3 Å². The van der Waals surface area contributed by atoms with E-state index in [4.69, 9.17) is 17.2 Å². The van der Waals surface area contributed by atoms with Gasteiger partial charge in [0.1, 0.15) is 18.1 Å². The van der Waals surface area contributed by atoms with Crippen molar-refractivity contribution in [2.24, 2.45) is 17.2 Å². The van der Waals surface area contributed by atoms with E-state index in [0.717, 1.165) is 5.56 Å². The summed E-state index contributed by atoms with van der Waals surface area (Å²) < 4.78 is 0. The molecular formula is C24H32N8O7. The molecule has 0 spiro atoms. The first-order valence-corrected chi connectivity index (χ1v) is 11.9. The van der Waals surface area contributed by atoms with Gasteiger partial charge in [-0.3, -0.25) is 24.0 Å². The normalized spacial score (nSPS) is 13.8. The third-order valence-corrected chi connectivity index (χ3v) is 5.58. The van der Waals surface area contributed by atoms with Crippen LogP contribution in [-0.2, 0) is 41.6 Å². The lowest BCUT2D eigenvalue weighted by molar-refractivity contribution is -0.142. The Bertz CT molecular complexity index is 1160. The molecule has 15 heteroatoms. The van der Waals surface area contributed by atoms with Crippen molar-refractivity contribution in [3.63, 3.8) is 0 Å². The van der Waals surface area contributed by atoms with Crippen LogP contribution in [0, 0.1) is 0 Å². The second kappa shape index (κ2) is 14.8. The minimum atomic E-state index is -1.47. The van der Waals surface area contributed by atoms with Gasteiger partial charge in [-0.05, 0) is 18.4 Å². The van der Waals surface area contributed by atoms with Gasteiger partial charge in [0.2, 0.25) is 29.5 Å². The van der Waals surface area contributed by atoms with Crippen LogP contribution in [0.25, 0.3) is 0 Å². The van der Waals surface area contributed by atoms with E-state index in [2.05, 4.69) is 25.9 Å². The number of amides is 5. The lowest BCUT2D eigenvalue weighted by Crippen LogP contribution is -2.58. The maximum Gasteiger partial charge on any atom is 0.326 e. The Morgan fingerprint density at radius 3 is 2.03 bits per heavy atom. The Morgan fingerprint density at radius 2 is 1.46 bits per heavy atom. The van der Waals surface area contributed by atoms with Crippen molar-refractivity contribution in [3.8, 4) is 0 Å². The summed E-state index contributed by atoms with van der Waals surface area (Å²) in [5.74, 6) is -5.64. The van der Waals surface area contributed by atoms with Crippen molar-refractivity contribution >= 4 is 35.5 Å². The first kappa shape index (κ1) is 30.4. The predicted molar refractivity (Wildman–Crippen MR) is 136 cm³/mol. The van der Waals surface area contributed by atoms with Crippen molar-refractivity contribution < 1.29 is 33.9 Å². The first-order chi connectivity index (χ1) is 18.5. The molecule has 0 aliphatic carbocycles. The summed E-state index contributed by atoms with van der Waals surface area (Å²) in [7, 11) is 0. The largest absolute Gasteiger partial charge is 0.480 e. The van der Waals surface area contributed by atoms with Crippen LogP contribution in [0.4, 0.5) is 0 Å². The highest BCUT2D eigenvalue weighted by Gasteiger charge is 2.31. The second-order valence-corrected chi connectivity index (χ2v) is 8.77. The maximum absolute atomic E-state index is 13.1. The summed E-state index contributed by atoms with van der Waals surface area (Å²) >= 11 is 0. The molecule has 0 saturated carbocycles. The maximum atomic E-state index is 13.1. The van der Waals surface area contributed by atoms with E-state index in [-0.39, 0.29) is 25.7 Å². The highest BCUT2D eigenvalue weighted by molar-refractivity contribution is 5.96. The number of aromatic nitrogens is 2. The average molecular weight is 545 g/mol. The van der Waals surface area contributed by atoms with Gasteiger partial charge >= 0.3 is 5.97 Å². The second-order valence-electron chi connectivity index (χ2n) is 8.77. The fraction of sp³-hybridized carbons (Fsp3) is 0.375. The summed E-state index contributed by atoms with van der Waals surface area (Å²) in [4.78, 5) is 79.7. The Labute approximate surface area is 223 Å². The van der Waals surface area contributed by atoms with Crippen molar-refractivity contribution in [3.05, 3.63) is 54.1 Å². The molecule has 4 atom stereocenters. The van der Waals surface area contributed by atoms with Gasteiger partial charge in [-0.15, -0.1) is 0 Å². The molecule has 39 heavy (non-hydrogen) atoms. The smallest absolute Gasteiger partial charge is 0.326 e. The molecule has 1 aromatic heterocycles. The number of nitrogens with zero attached hydrogens (tertiary/aromatic N) is 1. The Balaban J connectivity index is 2.17. The van der Waals surface area contributed by atoms with Crippen LogP contribution in [-0.4, -0.2) is 74.7 Å². The molecule has 2 aromatic rings. The monoisotopic (exact) mass is 544 g/mol. The third kappa shape index (κ3) is 10.6. The molecule has 0 fully saturated rings. The number of aromatic amines is 1. The van der Waals surface area contributed by atoms with Crippen molar-refractivity contribution in [2.75, 3.05) is 0 Å². The number of H-pyrrole nitrogens is 1.